The van der Waals surface area contributed by atoms with Crippen LogP contribution in [0.1, 0.15) is 11.1 Å². The third-order valence-corrected chi connectivity index (χ3v) is 3.11. The summed E-state index contributed by atoms with van der Waals surface area (Å²) < 4.78 is 21.3. The first-order valence-corrected chi connectivity index (χ1v) is 7.17. The van der Waals surface area contributed by atoms with Crippen molar-refractivity contribution in [2.24, 2.45) is 10.9 Å². The quantitative estimate of drug-likeness (QED) is 0.621. The van der Waals surface area contributed by atoms with E-state index in [0.29, 0.717) is 6.54 Å². The standard InChI is InChI=1S/C11H17N3O3S/c12-8-10-3-1-9(2-4-10)7-11(15)14-5-6-18(13,16)17/h1-4H,5-8,12H2,(H,14,15)(H2,13,16,17). The molecule has 1 aromatic carbocycles. The van der Waals surface area contributed by atoms with Crippen LogP contribution in [-0.2, 0) is 27.8 Å². The first-order chi connectivity index (χ1) is 8.40. The SMILES string of the molecule is NCc1ccc(CC(=O)NCCS(N)(=O)=O)cc1. The van der Waals surface area contributed by atoms with Crippen molar-refractivity contribution in [2.75, 3.05) is 12.3 Å². The minimum atomic E-state index is -3.53. The maximum absolute atomic E-state index is 11.5. The van der Waals surface area contributed by atoms with Gasteiger partial charge in [-0.3, -0.25) is 4.79 Å². The summed E-state index contributed by atoms with van der Waals surface area (Å²) in [6.07, 6.45) is 0.204. The van der Waals surface area contributed by atoms with Crippen LogP contribution in [0.5, 0.6) is 0 Å². The van der Waals surface area contributed by atoms with Crippen LogP contribution in [-0.4, -0.2) is 26.6 Å². The summed E-state index contributed by atoms with van der Waals surface area (Å²) in [7, 11) is -3.53. The van der Waals surface area contributed by atoms with Crippen molar-refractivity contribution in [1.82, 2.24) is 5.32 Å². The van der Waals surface area contributed by atoms with Gasteiger partial charge in [0.25, 0.3) is 0 Å². The van der Waals surface area contributed by atoms with Crippen LogP contribution < -0.4 is 16.2 Å². The lowest BCUT2D eigenvalue weighted by atomic mass is 10.1. The molecular weight excluding hydrogens is 254 g/mol. The van der Waals surface area contributed by atoms with Gasteiger partial charge in [-0.1, -0.05) is 24.3 Å². The number of carbonyl (C=O) groups is 1. The Hall–Kier alpha value is -1.44. The molecule has 0 aliphatic carbocycles. The van der Waals surface area contributed by atoms with E-state index >= 15 is 0 Å². The van der Waals surface area contributed by atoms with Crippen LogP contribution in [0.15, 0.2) is 24.3 Å². The molecule has 1 rings (SSSR count). The van der Waals surface area contributed by atoms with Crippen LogP contribution in [0.4, 0.5) is 0 Å². The largest absolute Gasteiger partial charge is 0.355 e. The molecule has 0 radical (unpaired) electrons. The molecule has 0 unspecified atom stereocenters. The average molecular weight is 271 g/mol. The highest BCUT2D eigenvalue weighted by Gasteiger charge is 2.06. The van der Waals surface area contributed by atoms with E-state index in [4.69, 9.17) is 10.9 Å². The Kier molecular flexibility index (Phi) is 5.26. The van der Waals surface area contributed by atoms with Gasteiger partial charge in [0.15, 0.2) is 0 Å². The third kappa shape index (κ3) is 5.76. The molecule has 18 heavy (non-hydrogen) atoms. The molecule has 0 heterocycles. The van der Waals surface area contributed by atoms with Gasteiger partial charge in [-0.25, -0.2) is 13.6 Å². The predicted octanol–water partition coefficient (Wildman–Crippen LogP) is -0.907. The molecular formula is C11H17N3O3S. The van der Waals surface area contributed by atoms with E-state index in [0.717, 1.165) is 11.1 Å². The summed E-state index contributed by atoms with van der Waals surface area (Å²) in [5, 5.41) is 7.31. The minimum absolute atomic E-state index is 0.0263. The van der Waals surface area contributed by atoms with Gasteiger partial charge in [0.1, 0.15) is 0 Å². The fraction of sp³-hybridized carbons (Fsp3) is 0.364. The minimum Gasteiger partial charge on any atom is -0.355 e. The van der Waals surface area contributed by atoms with E-state index < -0.39 is 10.0 Å². The number of amides is 1. The zero-order valence-electron chi connectivity index (χ0n) is 9.93. The van der Waals surface area contributed by atoms with E-state index in [2.05, 4.69) is 5.32 Å². The normalized spacial score (nSPS) is 11.2. The molecule has 0 aliphatic heterocycles. The summed E-state index contributed by atoms with van der Waals surface area (Å²) >= 11 is 0. The summed E-state index contributed by atoms with van der Waals surface area (Å²) in [4.78, 5) is 11.5. The maximum Gasteiger partial charge on any atom is 0.224 e. The topological polar surface area (TPSA) is 115 Å². The van der Waals surface area contributed by atoms with Crippen molar-refractivity contribution >= 4 is 15.9 Å². The highest BCUT2D eigenvalue weighted by molar-refractivity contribution is 7.89. The van der Waals surface area contributed by atoms with Crippen LogP contribution in [0.2, 0.25) is 0 Å². The molecule has 1 amide bonds. The molecule has 0 atom stereocenters. The maximum atomic E-state index is 11.5. The third-order valence-electron chi connectivity index (χ3n) is 2.33. The van der Waals surface area contributed by atoms with E-state index in [-0.39, 0.29) is 24.6 Å². The number of nitrogens with two attached hydrogens (primary N) is 2. The Morgan fingerprint density at radius 1 is 1.17 bits per heavy atom. The summed E-state index contributed by atoms with van der Waals surface area (Å²) in [6, 6.07) is 7.35. The van der Waals surface area contributed by atoms with Gasteiger partial charge in [0.05, 0.1) is 12.2 Å². The van der Waals surface area contributed by atoms with Crippen molar-refractivity contribution in [1.29, 1.82) is 0 Å². The lowest BCUT2D eigenvalue weighted by Gasteiger charge is -2.05. The number of carbonyl (C=O) groups excluding carboxylic acids is 1. The van der Waals surface area contributed by atoms with E-state index in [9.17, 15) is 13.2 Å². The number of rotatable bonds is 6. The average Bonchev–Trinajstić information content (AvgIpc) is 2.28. The first-order valence-electron chi connectivity index (χ1n) is 5.46. The van der Waals surface area contributed by atoms with Crippen molar-refractivity contribution in [2.45, 2.75) is 13.0 Å². The first kappa shape index (κ1) is 14.6. The van der Waals surface area contributed by atoms with Crippen molar-refractivity contribution < 1.29 is 13.2 Å². The molecule has 1 aromatic rings. The Morgan fingerprint density at radius 3 is 2.22 bits per heavy atom. The van der Waals surface area contributed by atoms with Gasteiger partial charge < -0.3 is 11.1 Å². The lowest BCUT2D eigenvalue weighted by molar-refractivity contribution is -0.120. The second-order valence-corrected chi connectivity index (χ2v) is 5.65. The molecule has 0 saturated carbocycles. The Labute approximate surface area is 106 Å². The van der Waals surface area contributed by atoms with Crippen molar-refractivity contribution in [3.05, 3.63) is 35.4 Å². The monoisotopic (exact) mass is 271 g/mol. The number of hydrogen-bond donors (Lipinski definition) is 3. The lowest BCUT2D eigenvalue weighted by Crippen LogP contribution is -2.32. The molecule has 0 aromatic heterocycles. The van der Waals surface area contributed by atoms with Gasteiger partial charge in [-0.15, -0.1) is 0 Å². The van der Waals surface area contributed by atoms with Crippen LogP contribution in [0.25, 0.3) is 0 Å². The van der Waals surface area contributed by atoms with Crippen LogP contribution in [0.3, 0.4) is 0 Å². The van der Waals surface area contributed by atoms with Crippen molar-refractivity contribution in [3.63, 3.8) is 0 Å². The molecule has 6 nitrogen and oxygen atoms in total. The number of nitrogens with one attached hydrogen (secondary N) is 1. The summed E-state index contributed by atoms with van der Waals surface area (Å²) in [5.41, 5.74) is 7.30. The van der Waals surface area contributed by atoms with Gasteiger partial charge in [0.2, 0.25) is 15.9 Å². The smallest absolute Gasteiger partial charge is 0.224 e. The molecule has 0 bridgehead atoms. The molecule has 0 saturated heterocycles. The molecule has 0 aliphatic rings. The van der Waals surface area contributed by atoms with E-state index in [1.54, 1.807) is 0 Å². The van der Waals surface area contributed by atoms with Gasteiger partial charge >= 0.3 is 0 Å². The highest BCUT2D eigenvalue weighted by Crippen LogP contribution is 2.04. The van der Waals surface area contributed by atoms with Gasteiger partial charge in [-0.05, 0) is 11.1 Å². The highest BCUT2D eigenvalue weighted by atomic mass is 32.2. The second-order valence-electron chi connectivity index (χ2n) is 3.91. The summed E-state index contributed by atoms with van der Waals surface area (Å²) in [5.74, 6) is -0.496. The van der Waals surface area contributed by atoms with E-state index in [1.807, 2.05) is 24.3 Å². The number of hydrogen-bond acceptors (Lipinski definition) is 4. The number of primary sulfonamides is 1. The Balaban J connectivity index is 2.39. The summed E-state index contributed by atoms with van der Waals surface area (Å²) in [6.45, 7) is 0.486. The fourth-order valence-electron chi connectivity index (χ4n) is 1.37. The second kappa shape index (κ2) is 6.48. The van der Waals surface area contributed by atoms with Crippen LogP contribution in [0, 0.1) is 0 Å². The predicted molar refractivity (Wildman–Crippen MR) is 69.0 cm³/mol. The molecule has 0 spiro atoms. The van der Waals surface area contributed by atoms with Crippen molar-refractivity contribution in [3.8, 4) is 0 Å². The zero-order chi connectivity index (χ0) is 13.6. The fourth-order valence-corrected chi connectivity index (χ4v) is 1.76. The molecule has 100 valence electrons. The van der Waals surface area contributed by atoms with Crippen LogP contribution >= 0.6 is 0 Å². The van der Waals surface area contributed by atoms with Gasteiger partial charge in [-0.2, -0.15) is 0 Å². The molecule has 0 fully saturated rings. The number of benzene rings is 1. The van der Waals surface area contributed by atoms with Gasteiger partial charge in [0, 0.05) is 13.1 Å². The Morgan fingerprint density at radius 2 is 1.72 bits per heavy atom. The number of sulfonamides is 1. The zero-order valence-corrected chi connectivity index (χ0v) is 10.7. The molecule has 7 heteroatoms. The Bertz CT molecular complexity index is 497. The van der Waals surface area contributed by atoms with E-state index in [1.165, 1.54) is 0 Å². The molecule has 5 N–H and O–H groups in total.